The second-order valence-electron chi connectivity index (χ2n) is 19.4. The van der Waals surface area contributed by atoms with E-state index in [0.717, 1.165) is 0 Å². The normalized spacial score (nSPS) is 34.5. The first-order valence-electron chi connectivity index (χ1n) is 24.3. The second-order valence-corrected chi connectivity index (χ2v) is 20.1. The van der Waals surface area contributed by atoms with Crippen molar-refractivity contribution < 1.29 is 93.1 Å². The molecule has 4 rings (SSSR count). The Labute approximate surface area is 436 Å². The molecule has 0 saturated carbocycles. The van der Waals surface area contributed by atoms with Gasteiger partial charge in [-0.15, -0.1) is 0 Å². The van der Waals surface area contributed by atoms with E-state index in [1.54, 1.807) is 66.7 Å². The Balaban J connectivity index is 1.63. The number of cyclic esters (lactones) is 1. The van der Waals surface area contributed by atoms with E-state index >= 15 is 0 Å². The van der Waals surface area contributed by atoms with Crippen LogP contribution in [0.2, 0.25) is 10.0 Å². The minimum atomic E-state index is -1.66. The third-order valence-corrected chi connectivity index (χ3v) is 13.8. The number of hydrogen-bond donors (Lipinski definition) is 8. The van der Waals surface area contributed by atoms with E-state index in [0.29, 0.717) is 23.1 Å². The molecule has 0 spiro atoms. The number of allylic oxidation sites excluding steroid dienone is 2. The third-order valence-electron chi connectivity index (χ3n) is 13.1. The molecule has 0 aromatic heterocycles. The lowest BCUT2D eigenvalue weighted by molar-refractivity contribution is -0.333. The fourth-order valence-electron chi connectivity index (χ4n) is 8.61. The van der Waals surface area contributed by atoms with Crippen LogP contribution in [0, 0.1) is 11.8 Å². The quantitative estimate of drug-likeness (QED) is 0.0674. The number of aliphatic hydroxyl groups is 6. The summed E-state index contributed by atoms with van der Waals surface area (Å²) < 4.78 is 47.4. The van der Waals surface area contributed by atoms with Crippen molar-refractivity contribution in [2.24, 2.45) is 11.8 Å². The van der Waals surface area contributed by atoms with E-state index in [-0.39, 0.29) is 35.4 Å². The van der Waals surface area contributed by atoms with Gasteiger partial charge in [-0.1, -0.05) is 81.3 Å². The fraction of sp³-hybridized carbons (Fsp3) is 0.635. The summed E-state index contributed by atoms with van der Waals surface area (Å²) in [4.78, 5) is 40.0. The number of hydrogen-bond acceptors (Lipinski definition) is 19. The van der Waals surface area contributed by atoms with Gasteiger partial charge in [-0.05, 0) is 89.2 Å². The van der Waals surface area contributed by atoms with E-state index in [4.69, 9.17) is 61.1 Å². The van der Waals surface area contributed by atoms with Crippen LogP contribution in [0.3, 0.4) is 0 Å². The lowest BCUT2D eigenvalue weighted by Gasteiger charge is -2.47. The van der Waals surface area contributed by atoms with Crippen molar-refractivity contribution in [2.75, 3.05) is 20.3 Å². The zero-order valence-electron chi connectivity index (χ0n) is 43.2. The molecule has 0 amide bonds. The van der Waals surface area contributed by atoms with Crippen LogP contribution in [-0.4, -0.2) is 164 Å². The van der Waals surface area contributed by atoms with Crippen LogP contribution in [0.4, 0.5) is 0 Å². The molecule has 3 aliphatic rings. The van der Waals surface area contributed by atoms with Gasteiger partial charge in [-0.3, -0.25) is 4.79 Å². The predicted molar refractivity (Wildman–Crippen MR) is 267 cm³/mol. The minimum absolute atomic E-state index is 0.0490. The van der Waals surface area contributed by atoms with Crippen molar-refractivity contribution in [1.82, 2.24) is 0 Å². The number of phenolic OH excluding ortho intramolecular Hbond substituents is 2. The highest BCUT2D eigenvalue weighted by Gasteiger charge is 2.53. The van der Waals surface area contributed by atoms with Gasteiger partial charge in [0.2, 0.25) is 0 Å². The van der Waals surface area contributed by atoms with Gasteiger partial charge in [0.25, 0.3) is 0 Å². The lowest BCUT2D eigenvalue weighted by Crippen LogP contribution is -2.64. The minimum Gasteiger partial charge on any atom is -0.505 e. The van der Waals surface area contributed by atoms with Gasteiger partial charge in [0, 0.05) is 19.4 Å². The summed E-state index contributed by atoms with van der Waals surface area (Å²) in [7, 11) is 1.25. The molecular formula is C52H74Cl2O19. The number of carbonyl (C=O) groups excluding carboxylic acids is 3. The van der Waals surface area contributed by atoms with Gasteiger partial charge in [-0.25, -0.2) is 9.59 Å². The standard InChI is InChI=1S/C52H74Cl2O19/c1-12-30-21-25(5)33(57)17-15-14-16-31(23-67-51-45(66-11)42(62)44(28(8)68-51)70-49(65)35-32(13-2)36(53)39(59)37(54)38(35)58)48(64)69-34(27(7)56)19-18-29(22-55)20-26(6)43(30)71-50-41(61)40(60)46(52(9,10)73-50)72-47(63)24(3)4/h14-16,18,20-21,24,27-28,30,33-34,40-46,50-51,55-62H,12-13,17,19,22-23H2,1-11H3/b15-14+,25-21+,26-20+,29-18-,31-16+/t27-,28-,30+,33+,34+,40-,41+,42+,43+,44-,45+,46+,50-,51-/m1/s1. The van der Waals surface area contributed by atoms with Crippen molar-refractivity contribution in [2.45, 2.75) is 180 Å². The Hall–Kier alpha value is -3.93. The van der Waals surface area contributed by atoms with Crippen LogP contribution >= 0.6 is 23.2 Å². The Morgan fingerprint density at radius 1 is 0.918 bits per heavy atom. The number of aliphatic hydroxyl groups excluding tert-OH is 6. The molecule has 14 atom stereocenters. The SMILES string of the molecule is CCc1c(Cl)c(O)c(Cl)c(O)c1C(=O)O[C@H]1[C@H](O)[C@H](OC)[C@H](OC/C2=C\C=C\C[C@H](O)/C(C)=C/[C@H](CC)[C@@H](O[C@@H]3OC(C)(C)[C@@H](OC(=O)C(C)C)[C@H](O)[C@@H]3O)/C(C)=C/C(CO)=C/C[C@@H]([C@@H](C)O)OC2=O)O[C@@H]1C. The Bertz CT molecular complexity index is 2240. The maximum atomic E-state index is 14.0. The number of rotatable bonds is 14. The van der Waals surface area contributed by atoms with Gasteiger partial charge < -0.3 is 78.7 Å². The molecular weight excluding hydrogens is 999 g/mol. The summed E-state index contributed by atoms with van der Waals surface area (Å²) in [6.45, 7) is 15.4. The summed E-state index contributed by atoms with van der Waals surface area (Å²) in [6.07, 6.45) is -6.87. The molecule has 73 heavy (non-hydrogen) atoms. The number of methoxy groups -OCH3 is 1. The highest BCUT2D eigenvalue weighted by molar-refractivity contribution is 6.39. The molecule has 0 aliphatic carbocycles. The lowest BCUT2D eigenvalue weighted by atomic mass is 9.88. The number of halogens is 2. The summed E-state index contributed by atoms with van der Waals surface area (Å²) in [5.74, 6) is -5.00. The number of carbonyl (C=O) groups is 3. The first-order valence-corrected chi connectivity index (χ1v) is 25.1. The Morgan fingerprint density at radius 3 is 2.18 bits per heavy atom. The molecule has 0 bridgehead atoms. The average molecular weight is 1070 g/mol. The maximum Gasteiger partial charge on any atom is 0.342 e. The molecule has 1 aromatic carbocycles. The van der Waals surface area contributed by atoms with Crippen LogP contribution < -0.4 is 0 Å². The van der Waals surface area contributed by atoms with Crippen molar-refractivity contribution in [1.29, 1.82) is 0 Å². The number of ether oxygens (including phenoxy) is 8. The maximum absolute atomic E-state index is 14.0. The molecule has 1 aromatic rings. The summed E-state index contributed by atoms with van der Waals surface area (Å²) in [5.41, 5.74) is -0.335. The van der Waals surface area contributed by atoms with Crippen LogP contribution in [0.1, 0.15) is 104 Å². The first-order chi connectivity index (χ1) is 34.2. The fourth-order valence-corrected chi connectivity index (χ4v) is 9.17. The van der Waals surface area contributed by atoms with Gasteiger partial charge in [0.1, 0.15) is 46.7 Å². The summed E-state index contributed by atoms with van der Waals surface area (Å²) >= 11 is 12.3. The summed E-state index contributed by atoms with van der Waals surface area (Å²) in [5, 5.41) is 87.1. The molecule has 8 N–H and O–H groups in total. The Morgan fingerprint density at radius 2 is 1.59 bits per heavy atom. The monoisotopic (exact) mass is 1070 g/mol. The van der Waals surface area contributed by atoms with E-state index in [1.807, 2.05) is 13.0 Å². The zero-order chi connectivity index (χ0) is 54.8. The second kappa shape index (κ2) is 27.2. The van der Waals surface area contributed by atoms with E-state index in [1.165, 1.54) is 33.1 Å². The van der Waals surface area contributed by atoms with Crippen molar-refractivity contribution in [3.8, 4) is 11.5 Å². The molecule has 19 nitrogen and oxygen atoms in total. The average Bonchev–Trinajstić information content (AvgIpc) is 3.33. The highest BCUT2D eigenvalue weighted by atomic mass is 35.5. The van der Waals surface area contributed by atoms with Crippen LogP contribution in [0.15, 0.2) is 58.7 Å². The van der Waals surface area contributed by atoms with E-state index in [9.17, 15) is 55.2 Å². The van der Waals surface area contributed by atoms with Crippen LogP contribution in [0.5, 0.6) is 11.5 Å². The molecule has 21 heteroatoms. The topological polar surface area (TPSA) is 287 Å². The number of phenols is 2. The molecule has 3 heterocycles. The molecule has 2 fully saturated rings. The van der Waals surface area contributed by atoms with Gasteiger partial charge in [-0.2, -0.15) is 0 Å². The highest BCUT2D eigenvalue weighted by Crippen LogP contribution is 2.45. The molecule has 2 saturated heterocycles. The number of aromatic hydroxyl groups is 2. The van der Waals surface area contributed by atoms with E-state index in [2.05, 4.69) is 0 Å². The molecule has 3 aliphatic heterocycles. The number of esters is 3. The zero-order valence-corrected chi connectivity index (χ0v) is 44.7. The van der Waals surface area contributed by atoms with Gasteiger partial charge >= 0.3 is 17.9 Å². The van der Waals surface area contributed by atoms with Crippen molar-refractivity contribution in [3.05, 3.63) is 79.9 Å². The smallest absolute Gasteiger partial charge is 0.342 e. The van der Waals surface area contributed by atoms with Crippen molar-refractivity contribution in [3.63, 3.8) is 0 Å². The largest absolute Gasteiger partial charge is 0.505 e. The van der Waals surface area contributed by atoms with Crippen molar-refractivity contribution >= 4 is 41.1 Å². The van der Waals surface area contributed by atoms with Gasteiger partial charge in [0.05, 0.1) is 54.1 Å². The molecule has 410 valence electrons. The first kappa shape index (κ1) is 61.6. The van der Waals surface area contributed by atoms with E-state index < -0.39 is 150 Å². The predicted octanol–water partition coefficient (Wildman–Crippen LogP) is 5.21. The third kappa shape index (κ3) is 15.1. The Kier molecular flexibility index (Phi) is 23.0. The molecule has 0 unspecified atom stereocenters. The molecule has 0 radical (unpaired) electrons. The summed E-state index contributed by atoms with van der Waals surface area (Å²) in [6, 6.07) is 0. The van der Waals surface area contributed by atoms with Crippen LogP contribution in [-0.2, 0) is 53.9 Å². The van der Waals surface area contributed by atoms with Gasteiger partial charge in [0.15, 0.2) is 36.3 Å². The van der Waals surface area contributed by atoms with Crippen LogP contribution in [0.25, 0.3) is 0 Å². The number of benzene rings is 1.